The van der Waals surface area contributed by atoms with Crippen LogP contribution >= 0.6 is 0 Å². The Morgan fingerprint density at radius 2 is 2.42 bits per heavy atom. The molecule has 1 heterocycles. The number of nitrogens with zero attached hydrogens (tertiary/aromatic N) is 1. The van der Waals surface area contributed by atoms with Gasteiger partial charge in [-0.15, -0.1) is 0 Å². The van der Waals surface area contributed by atoms with Gasteiger partial charge in [0, 0.05) is 11.9 Å². The summed E-state index contributed by atoms with van der Waals surface area (Å²) in [5.41, 5.74) is 3.72. The Bertz CT molecular complexity index is 352. The molecule has 1 aromatic rings. The Kier molecular flexibility index (Phi) is 1.71. The highest BCUT2D eigenvalue weighted by Gasteiger charge is 2.13. The Hall–Kier alpha value is -1.49. The Balaban J connectivity index is 2.46. The van der Waals surface area contributed by atoms with Gasteiger partial charge in [-0.1, -0.05) is 0 Å². The fourth-order valence-electron chi connectivity index (χ4n) is 1.71. The molecule has 60 valence electrons. The maximum atomic E-state index is 6.77. The highest BCUT2D eigenvalue weighted by molar-refractivity contribution is 5.69. The summed E-state index contributed by atoms with van der Waals surface area (Å²) in [5, 5.41) is 0. The van der Waals surface area contributed by atoms with Crippen molar-refractivity contribution in [1.29, 1.82) is 0 Å². The van der Waals surface area contributed by atoms with Crippen LogP contribution in [0, 0.1) is 6.57 Å². The van der Waals surface area contributed by atoms with Crippen LogP contribution in [0.3, 0.4) is 0 Å². The second kappa shape index (κ2) is 2.86. The first-order chi connectivity index (χ1) is 5.92. The van der Waals surface area contributed by atoms with Gasteiger partial charge in [0.05, 0.1) is 6.57 Å². The molecule has 1 aliphatic carbocycles. The van der Waals surface area contributed by atoms with Crippen molar-refractivity contribution in [2.24, 2.45) is 0 Å². The van der Waals surface area contributed by atoms with Crippen molar-refractivity contribution >= 4 is 5.57 Å². The van der Waals surface area contributed by atoms with Crippen LogP contribution in [0.1, 0.15) is 24.1 Å². The molecule has 0 saturated heterocycles. The van der Waals surface area contributed by atoms with E-state index in [4.69, 9.17) is 6.57 Å². The Morgan fingerprint density at radius 3 is 3.25 bits per heavy atom. The zero-order chi connectivity index (χ0) is 8.39. The van der Waals surface area contributed by atoms with Crippen LogP contribution in [-0.2, 0) is 6.42 Å². The van der Waals surface area contributed by atoms with Crippen molar-refractivity contribution in [3.63, 3.8) is 0 Å². The average molecular weight is 158 g/mol. The average Bonchev–Trinajstić information content (AvgIpc) is 2.53. The SMILES string of the molecule is [C-]#[N+]C=C1CCCc2[nH]ccc21. The van der Waals surface area contributed by atoms with E-state index in [1.165, 1.54) is 16.8 Å². The monoisotopic (exact) mass is 158 g/mol. The second-order valence-corrected chi connectivity index (χ2v) is 3.01. The van der Waals surface area contributed by atoms with Crippen LogP contribution in [-0.4, -0.2) is 4.98 Å². The summed E-state index contributed by atoms with van der Waals surface area (Å²) < 4.78 is 0. The zero-order valence-electron chi connectivity index (χ0n) is 6.80. The molecule has 0 aliphatic heterocycles. The number of allylic oxidation sites excluding steroid dienone is 1. The molecule has 0 bridgehead atoms. The molecule has 2 nitrogen and oxygen atoms in total. The fourth-order valence-corrected chi connectivity index (χ4v) is 1.71. The first-order valence-electron chi connectivity index (χ1n) is 4.14. The summed E-state index contributed by atoms with van der Waals surface area (Å²) in [7, 11) is 0. The van der Waals surface area contributed by atoms with E-state index < -0.39 is 0 Å². The molecule has 0 spiro atoms. The third-order valence-corrected chi connectivity index (χ3v) is 2.27. The standard InChI is InChI=1S/C10H10N2/c1-11-7-8-3-2-4-10-9(8)5-6-12-10/h5-7,12H,2-4H2. The molecule has 12 heavy (non-hydrogen) atoms. The van der Waals surface area contributed by atoms with E-state index in [9.17, 15) is 0 Å². The lowest BCUT2D eigenvalue weighted by molar-refractivity contribution is 0.804. The maximum Gasteiger partial charge on any atom is 0.158 e. The molecule has 2 rings (SSSR count). The van der Waals surface area contributed by atoms with Crippen molar-refractivity contribution in [3.05, 3.63) is 41.1 Å². The van der Waals surface area contributed by atoms with Gasteiger partial charge in [0.2, 0.25) is 0 Å². The molecular weight excluding hydrogens is 148 g/mol. The molecule has 0 unspecified atom stereocenters. The molecule has 0 fully saturated rings. The lowest BCUT2D eigenvalue weighted by Gasteiger charge is -2.13. The van der Waals surface area contributed by atoms with Crippen LogP contribution in [0.15, 0.2) is 18.5 Å². The highest BCUT2D eigenvalue weighted by atomic mass is 14.7. The van der Waals surface area contributed by atoms with Gasteiger partial charge in [-0.25, -0.2) is 4.85 Å². The van der Waals surface area contributed by atoms with Crippen molar-refractivity contribution in [1.82, 2.24) is 4.98 Å². The Morgan fingerprint density at radius 1 is 1.50 bits per heavy atom. The molecule has 2 heteroatoms. The third kappa shape index (κ3) is 1.04. The van der Waals surface area contributed by atoms with Crippen LogP contribution in [0.2, 0.25) is 0 Å². The Labute approximate surface area is 71.7 Å². The first kappa shape index (κ1) is 7.17. The normalized spacial score (nSPS) is 18.8. The van der Waals surface area contributed by atoms with Crippen LogP contribution in [0.4, 0.5) is 0 Å². The number of aryl methyl sites for hydroxylation is 1. The molecule has 1 N–H and O–H groups in total. The molecule has 1 aliphatic rings. The van der Waals surface area contributed by atoms with Gasteiger partial charge >= 0.3 is 0 Å². The fraction of sp³-hybridized carbons (Fsp3) is 0.300. The third-order valence-electron chi connectivity index (χ3n) is 2.27. The minimum absolute atomic E-state index is 1.05. The summed E-state index contributed by atoms with van der Waals surface area (Å²) in [6, 6.07) is 2.06. The van der Waals surface area contributed by atoms with Gasteiger partial charge in [-0.3, -0.25) is 0 Å². The number of fused-ring (bicyclic) bond motifs is 1. The zero-order valence-corrected chi connectivity index (χ0v) is 6.80. The largest absolute Gasteiger partial charge is 0.365 e. The summed E-state index contributed by atoms with van der Waals surface area (Å²) in [4.78, 5) is 6.51. The number of hydrogen-bond donors (Lipinski definition) is 1. The summed E-state index contributed by atoms with van der Waals surface area (Å²) >= 11 is 0. The predicted octanol–water partition coefficient (Wildman–Crippen LogP) is 2.61. The summed E-state index contributed by atoms with van der Waals surface area (Å²) in [5.74, 6) is 0. The predicted molar refractivity (Wildman–Crippen MR) is 48.3 cm³/mol. The van der Waals surface area contributed by atoms with E-state index in [1.807, 2.05) is 6.20 Å². The van der Waals surface area contributed by atoms with E-state index in [0.717, 1.165) is 19.3 Å². The van der Waals surface area contributed by atoms with Gasteiger partial charge in [-0.05, 0) is 36.5 Å². The molecule has 1 aromatic heterocycles. The van der Waals surface area contributed by atoms with Gasteiger partial charge in [0.15, 0.2) is 6.20 Å². The van der Waals surface area contributed by atoms with Gasteiger partial charge in [-0.2, -0.15) is 0 Å². The molecule has 0 amide bonds. The van der Waals surface area contributed by atoms with Crippen LogP contribution < -0.4 is 0 Å². The first-order valence-corrected chi connectivity index (χ1v) is 4.14. The molecule has 0 radical (unpaired) electrons. The molecule has 0 atom stereocenters. The minimum Gasteiger partial charge on any atom is -0.365 e. The number of rotatable bonds is 0. The van der Waals surface area contributed by atoms with Gasteiger partial charge in [0.25, 0.3) is 0 Å². The van der Waals surface area contributed by atoms with Gasteiger partial charge < -0.3 is 4.98 Å². The lowest BCUT2D eigenvalue weighted by Crippen LogP contribution is -1.99. The highest BCUT2D eigenvalue weighted by Crippen LogP contribution is 2.29. The maximum absolute atomic E-state index is 6.77. The number of aromatic nitrogens is 1. The van der Waals surface area contributed by atoms with E-state index in [0.29, 0.717) is 0 Å². The quantitative estimate of drug-likeness (QED) is 0.560. The summed E-state index contributed by atoms with van der Waals surface area (Å²) in [6.07, 6.45) is 6.93. The van der Waals surface area contributed by atoms with Crippen molar-refractivity contribution in [2.75, 3.05) is 0 Å². The minimum atomic E-state index is 1.05. The van der Waals surface area contributed by atoms with E-state index >= 15 is 0 Å². The molecular formula is C10H10N2. The van der Waals surface area contributed by atoms with E-state index in [1.54, 1.807) is 6.20 Å². The van der Waals surface area contributed by atoms with Crippen LogP contribution in [0.25, 0.3) is 10.4 Å². The van der Waals surface area contributed by atoms with Crippen LogP contribution in [0.5, 0.6) is 0 Å². The number of nitrogens with one attached hydrogen (secondary N) is 1. The smallest absolute Gasteiger partial charge is 0.158 e. The van der Waals surface area contributed by atoms with Gasteiger partial charge in [0.1, 0.15) is 0 Å². The van der Waals surface area contributed by atoms with E-state index in [-0.39, 0.29) is 0 Å². The number of aromatic amines is 1. The lowest BCUT2D eigenvalue weighted by atomic mass is 9.93. The number of hydrogen-bond acceptors (Lipinski definition) is 0. The number of H-pyrrole nitrogens is 1. The second-order valence-electron chi connectivity index (χ2n) is 3.01. The van der Waals surface area contributed by atoms with Crippen molar-refractivity contribution in [2.45, 2.75) is 19.3 Å². The van der Waals surface area contributed by atoms with Crippen molar-refractivity contribution < 1.29 is 0 Å². The van der Waals surface area contributed by atoms with E-state index in [2.05, 4.69) is 15.9 Å². The molecule has 0 aromatic carbocycles. The summed E-state index contributed by atoms with van der Waals surface area (Å²) in [6.45, 7) is 6.77. The van der Waals surface area contributed by atoms with Crippen molar-refractivity contribution in [3.8, 4) is 0 Å². The topological polar surface area (TPSA) is 20.1 Å². The molecule has 0 saturated carbocycles.